The maximum atomic E-state index is 12.5. The number of ether oxygens (including phenoxy) is 2. The Morgan fingerprint density at radius 2 is 1.87 bits per heavy atom. The number of rotatable bonds is 7. The first-order valence-electron chi connectivity index (χ1n) is 12.8. The molecule has 3 aliphatic rings. The van der Waals surface area contributed by atoms with Gasteiger partial charge in [-0.3, -0.25) is 0 Å². The van der Waals surface area contributed by atoms with Crippen molar-refractivity contribution in [1.82, 2.24) is 19.3 Å². The number of pyridine rings is 1. The largest absolute Gasteiger partial charge is 0.459 e. The van der Waals surface area contributed by atoms with Gasteiger partial charge in [0.1, 0.15) is 12.2 Å². The van der Waals surface area contributed by atoms with Crippen molar-refractivity contribution in [2.24, 2.45) is 0 Å². The third-order valence-corrected chi connectivity index (χ3v) is 10.0. The highest BCUT2D eigenvalue weighted by Gasteiger charge is 2.41. The first-order valence-corrected chi connectivity index (χ1v) is 14.7. The number of hydrogen-bond acceptors (Lipinski definition) is 9. The Hall–Kier alpha value is -2.48. The summed E-state index contributed by atoms with van der Waals surface area (Å²) in [5.74, 6) is 0. The Balaban J connectivity index is 1.13. The molecule has 3 N–H and O–H groups in total. The highest BCUT2D eigenvalue weighted by Crippen LogP contribution is 2.33. The third-order valence-electron chi connectivity index (χ3n) is 7.34. The lowest BCUT2D eigenvalue weighted by Gasteiger charge is -2.35. The zero-order valence-electron chi connectivity index (χ0n) is 20.7. The first-order chi connectivity index (χ1) is 18.3. The summed E-state index contributed by atoms with van der Waals surface area (Å²) in [5, 5.41) is 19.6. The molecule has 0 bridgehead atoms. The molecule has 0 spiro atoms. The predicted octanol–water partition coefficient (Wildman–Crippen LogP) is 1.78. The van der Waals surface area contributed by atoms with Crippen molar-refractivity contribution in [1.29, 1.82) is 0 Å². The lowest BCUT2D eigenvalue weighted by molar-refractivity contribution is -0.131. The fourth-order valence-electron chi connectivity index (χ4n) is 5.01. The first kappa shape index (κ1) is 25.8. The van der Waals surface area contributed by atoms with Gasteiger partial charge in [0.25, 0.3) is 6.01 Å². The van der Waals surface area contributed by atoms with Crippen LogP contribution < -0.4 is 9.64 Å². The zero-order chi connectivity index (χ0) is 26.4. The Labute approximate surface area is 225 Å². The average Bonchev–Trinajstić information content (AvgIpc) is 3.71. The highest BCUT2D eigenvalue weighted by molar-refractivity contribution is 7.90. The van der Waals surface area contributed by atoms with E-state index in [9.17, 15) is 18.6 Å². The van der Waals surface area contributed by atoms with Gasteiger partial charge in [-0.05, 0) is 31.0 Å². The van der Waals surface area contributed by atoms with Crippen molar-refractivity contribution in [3.05, 3.63) is 35.4 Å². The molecule has 2 aliphatic heterocycles. The summed E-state index contributed by atoms with van der Waals surface area (Å²) >= 11 is 6.57. The van der Waals surface area contributed by atoms with Crippen LogP contribution in [0.2, 0.25) is 5.02 Å². The van der Waals surface area contributed by atoms with Crippen LogP contribution in [0, 0.1) is 0 Å². The molecule has 2 saturated heterocycles. The quantitative estimate of drug-likeness (QED) is 0.392. The van der Waals surface area contributed by atoms with E-state index in [1.165, 1.54) is 0 Å². The smallest absolute Gasteiger partial charge is 0.296 e. The Morgan fingerprint density at radius 3 is 2.53 bits per heavy atom. The summed E-state index contributed by atoms with van der Waals surface area (Å²) in [7, 11) is -3.13. The maximum absolute atomic E-state index is 12.5. The topological polar surface area (TPSA) is 141 Å². The van der Waals surface area contributed by atoms with Crippen molar-refractivity contribution >= 4 is 38.5 Å². The molecule has 3 aromatic rings. The molecule has 1 aromatic carbocycles. The van der Waals surface area contributed by atoms with E-state index in [2.05, 4.69) is 19.9 Å². The number of benzene rings is 1. The molecule has 6 rings (SSSR count). The van der Waals surface area contributed by atoms with Gasteiger partial charge in [-0.2, -0.15) is 9.29 Å². The number of aromatic amines is 1. The Kier molecular flexibility index (Phi) is 6.95. The number of fused-ring (bicyclic) bond motifs is 1. The van der Waals surface area contributed by atoms with E-state index in [-0.39, 0.29) is 24.5 Å². The van der Waals surface area contributed by atoms with Crippen LogP contribution in [0.25, 0.3) is 22.4 Å². The Morgan fingerprint density at radius 1 is 1.13 bits per heavy atom. The third kappa shape index (κ3) is 5.08. The van der Waals surface area contributed by atoms with Gasteiger partial charge in [0, 0.05) is 43.9 Å². The number of halogens is 1. The minimum atomic E-state index is -3.13. The van der Waals surface area contributed by atoms with Gasteiger partial charge >= 0.3 is 0 Å². The van der Waals surface area contributed by atoms with Crippen LogP contribution >= 0.6 is 11.6 Å². The van der Waals surface area contributed by atoms with Crippen LogP contribution in [0.4, 0.5) is 5.69 Å². The second-order valence-corrected chi connectivity index (χ2v) is 12.6. The van der Waals surface area contributed by atoms with Crippen LogP contribution in [0.3, 0.4) is 0 Å². The molecule has 0 radical (unpaired) electrons. The summed E-state index contributed by atoms with van der Waals surface area (Å²) < 4.78 is 37.9. The van der Waals surface area contributed by atoms with Crippen molar-refractivity contribution in [3.63, 3.8) is 0 Å². The van der Waals surface area contributed by atoms with Gasteiger partial charge in [-0.15, -0.1) is 0 Å². The van der Waals surface area contributed by atoms with E-state index >= 15 is 0 Å². The number of aliphatic hydroxyl groups excluding tert-OH is 2. The molecule has 4 heterocycles. The van der Waals surface area contributed by atoms with E-state index < -0.39 is 28.3 Å². The number of anilines is 1. The second kappa shape index (κ2) is 10.2. The fourth-order valence-corrected chi connectivity index (χ4v) is 7.09. The summed E-state index contributed by atoms with van der Waals surface area (Å²) in [6.45, 7) is 2.29. The SMILES string of the molecule is O=S(=O)(C1CC1)N1CCN(c2ccc(-c3nc4nc(O[C@H]5CO[C@H](CO)[C@@H](O)C5)[nH]c4cc3Cl)cc2)CC1. The van der Waals surface area contributed by atoms with Gasteiger partial charge in [-0.1, -0.05) is 23.7 Å². The van der Waals surface area contributed by atoms with Crippen molar-refractivity contribution in [3.8, 4) is 17.3 Å². The minimum Gasteiger partial charge on any atom is -0.459 e. The van der Waals surface area contributed by atoms with E-state index in [4.69, 9.17) is 21.1 Å². The number of sulfonamides is 1. The molecule has 0 unspecified atom stereocenters. The van der Waals surface area contributed by atoms with E-state index in [1.807, 2.05) is 24.3 Å². The molecule has 11 nitrogen and oxygen atoms in total. The lowest BCUT2D eigenvalue weighted by Crippen LogP contribution is -2.49. The standard InChI is InChI=1S/C25H30ClN5O6S/c26-19-12-20-24(29-25(27-20)37-17-11-21(33)22(13-32)36-14-17)28-23(19)15-1-3-16(4-2-15)30-7-9-31(10-8-30)38(34,35)18-5-6-18/h1-4,12,17-18,21-22,32-33H,5-11,13-14H2,(H,27,28,29)/t17-,21+,22-/m1/s1. The van der Waals surface area contributed by atoms with Gasteiger partial charge in [0.05, 0.1) is 40.8 Å². The zero-order valence-corrected chi connectivity index (χ0v) is 22.2. The fraction of sp³-hybridized carbons (Fsp3) is 0.520. The normalized spacial score (nSPS) is 25.1. The summed E-state index contributed by atoms with van der Waals surface area (Å²) in [5.41, 5.74) is 3.51. The molecular weight excluding hydrogens is 534 g/mol. The number of H-pyrrole nitrogens is 1. The minimum absolute atomic E-state index is 0.172. The molecule has 0 amide bonds. The molecule has 3 atom stereocenters. The molecule has 204 valence electrons. The van der Waals surface area contributed by atoms with Crippen LogP contribution in [-0.4, -0.2) is 101 Å². The Bertz CT molecular complexity index is 1410. The van der Waals surface area contributed by atoms with Gasteiger partial charge in [0.15, 0.2) is 5.65 Å². The summed E-state index contributed by atoms with van der Waals surface area (Å²) in [4.78, 5) is 14.3. The molecule has 3 fully saturated rings. The van der Waals surface area contributed by atoms with E-state index in [0.717, 1.165) is 24.1 Å². The van der Waals surface area contributed by atoms with Crippen LogP contribution in [0.1, 0.15) is 19.3 Å². The summed E-state index contributed by atoms with van der Waals surface area (Å²) in [6, 6.07) is 9.89. The molecule has 38 heavy (non-hydrogen) atoms. The number of hydrogen-bond donors (Lipinski definition) is 3. The van der Waals surface area contributed by atoms with Crippen molar-refractivity contribution in [2.45, 2.75) is 42.8 Å². The molecule has 1 aliphatic carbocycles. The van der Waals surface area contributed by atoms with Crippen LogP contribution in [0.5, 0.6) is 6.01 Å². The number of aromatic nitrogens is 3. The average molecular weight is 564 g/mol. The molecular formula is C25H30ClN5O6S. The maximum Gasteiger partial charge on any atom is 0.296 e. The van der Waals surface area contributed by atoms with Crippen LogP contribution in [0.15, 0.2) is 30.3 Å². The van der Waals surface area contributed by atoms with Gasteiger partial charge < -0.3 is 29.6 Å². The number of imidazole rings is 1. The lowest BCUT2D eigenvalue weighted by atomic mass is 10.0. The van der Waals surface area contributed by atoms with Gasteiger partial charge in [-0.25, -0.2) is 13.4 Å². The van der Waals surface area contributed by atoms with Crippen LogP contribution in [-0.2, 0) is 14.8 Å². The second-order valence-electron chi connectivity index (χ2n) is 10.0. The van der Waals surface area contributed by atoms with Crippen molar-refractivity contribution < 1.29 is 28.1 Å². The molecule has 1 saturated carbocycles. The number of piperazine rings is 1. The number of nitrogens with zero attached hydrogens (tertiary/aromatic N) is 4. The summed E-state index contributed by atoms with van der Waals surface area (Å²) in [6.07, 6.45) is 0.0540. The molecule has 13 heteroatoms. The molecule has 2 aromatic heterocycles. The number of aliphatic hydroxyl groups is 2. The highest BCUT2D eigenvalue weighted by atomic mass is 35.5. The predicted molar refractivity (Wildman–Crippen MR) is 142 cm³/mol. The van der Waals surface area contributed by atoms with E-state index in [1.54, 1.807) is 10.4 Å². The monoisotopic (exact) mass is 563 g/mol. The van der Waals surface area contributed by atoms with Gasteiger partial charge in [0.2, 0.25) is 10.0 Å². The van der Waals surface area contributed by atoms with E-state index in [0.29, 0.717) is 54.5 Å². The van der Waals surface area contributed by atoms with Crippen molar-refractivity contribution in [2.75, 3.05) is 44.3 Å². The number of nitrogens with one attached hydrogen (secondary N) is 1.